The number of hydrogen-bond donors (Lipinski definition) is 0. The fraction of sp³-hybridized carbons (Fsp3) is 0.474. The molecular weight excluding hydrogens is 332 g/mol. The second-order valence-corrected chi connectivity index (χ2v) is 7.95. The quantitative estimate of drug-likeness (QED) is 0.844. The van der Waals surface area contributed by atoms with Gasteiger partial charge in [0.1, 0.15) is 0 Å². The number of hydrogen-bond acceptors (Lipinski definition) is 5. The van der Waals surface area contributed by atoms with Crippen LogP contribution in [0.2, 0.25) is 0 Å². The maximum Gasteiger partial charge on any atom is 0.227 e. The van der Waals surface area contributed by atoms with Gasteiger partial charge in [-0.3, -0.25) is 4.79 Å². The largest absolute Gasteiger partial charge is 0.346 e. The molecule has 2 aromatic rings. The van der Waals surface area contributed by atoms with E-state index < -0.39 is 0 Å². The van der Waals surface area contributed by atoms with Gasteiger partial charge in [0, 0.05) is 44.0 Å². The Balaban J connectivity index is 1.42. The van der Waals surface area contributed by atoms with Crippen LogP contribution < -0.4 is 4.90 Å². The highest BCUT2D eigenvalue weighted by Crippen LogP contribution is 2.31. The SMILES string of the molecule is CN1CCN(c2nc3c(s2)CN(C(=O)Cc2ccccc2)CC3)CC1. The smallest absolute Gasteiger partial charge is 0.227 e. The minimum atomic E-state index is 0.214. The highest BCUT2D eigenvalue weighted by molar-refractivity contribution is 7.15. The third-order valence-corrected chi connectivity index (χ3v) is 6.19. The number of nitrogens with zero attached hydrogens (tertiary/aromatic N) is 4. The highest BCUT2D eigenvalue weighted by atomic mass is 32.1. The summed E-state index contributed by atoms with van der Waals surface area (Å²) in [7, 11) is 2.17. The molecule has 3 heterocycles. The second-order valence-electron chi connectivity index (χ2n) is 6.88. The molecule has 4 rings (SSSR count). The number of fused-ring (bicyclic) bond motifs is 1. The lowest BCUT2D eigenvalue weighted by molar-refractivity contribution is -0.131. The van der Waals surface area contributed by atoms with E-state index in [2.05, 4.69) is 16.8 Å². The van der Waals surface area contributed by atoms with Gasteiger partial charge in [0.25, 0.3) is 0 Å². The summed E-state index contributed by atoms with van der Waals surface area (Å²) in [5, 5.41) is 1.13. The minimum absolute atomic E-state index is 0.214. The van der Waals surface area contributed by atoms with Crippen molar-refractivity contribution in [1.82, 2.24) is 14.8 Å². The van der Waals surface area contributed by atoms with E-state index in [1.165, 1.54) is 10.6 Å². The third kappa shape index (κ3) is 3.70. The van der Waals surface area contributed by atoms with Crippen LogP contribution in [0.3, 0.4) is 0 Å². The van der Waals surface area contributed by atoms with E-state index in [0.29, 0.717) is 13.0 Å². The number of amides is 1. The Morgan fingerprint density at radius 2 is 1.88 bits per heavy atom. The lowest BCUT2D eigenvalue weighted by atomic mass is 10.1. The molecule has 132 valence electrons. The Morgan fingerprint density at radius 3 is 2.64 bits per heavy atom. The summed E-state index contributed by atoms with van der Waals surface area (Å²) >= 11 is 1.77. The average Bonchev–Trinajstić information content (AvgIpc) is 3.06. The number of rotatable bonds is 3. The van der Waals surface area contributed by atoms with Crippen LogP contribution in [-0.4, -0.2) is 60.5 Å². The lowest BCUT2D eigenvalue weighted by Gasteiger charge is -2.32. The molecule has 0 bridgehead atoms. The van der Waals surface area contributed by atoms with Gasteiger partial charge in [-0.1, -0.05) is 41.7 Å². The molecule has 2 aliphatic rings. The zero-order chi connectivity index (χ0) is 17.2. The maximum atomic E-state index is 12.6. The summed E-state index contributed by atoms with van der Waals surface area (Å²) < 4.78 is 0. The van der Waals surface area contributed by atoms with Crippen molar-refractivity contribution < 1.29 is 4.79 Å². The van der Waals surface area contributed by atoms with Crippen LogP contribution >= 0.6 is 11.3 Å². The van der Waals surface area contributed by atoms with Gasteiger partial charge in [-0.25, -0.2) is 4.98 Å². The molecule has 6 heteroatoms. The molecule has 0 radical (unpaired) electrons. The van der Waals surface area contributed by atoms with Crippen molar-refractivity contribution >= 4 is 22.4 Å². The van der Waals surface area contributed by atoms with Crippen LogP contribution in [0.25, 0.3) is 0 Å². The molecule has 0 N–H and O–H groups in total. The number of carbonyl (C=O) groups is 1. The van der Waals surface area contributed by atoms with Gasteiger partial charge in [0.15, 0.2) is 5.13 Å². The fourth-order valence-electron chi connectivity index (χ4n) is 3.41. The molecule has 1 fully saturated rings. The highest BCUT2D eigenvalue weighted by Gasteiger charge is 2.26. The summed E-state index contributed by atoms with van der Waals surface area (Å²) in [6, 6.07) is 10.0. The number of benzene rings is 1. The number of likely N-dealkylation sites (N-methyl/N-ethyl adjacent to an activating group) is 1. The summed E-state index contributed by atoms with van der Waals surface area (Å²) in [5.41, 5.74) is 2.28. The molecule has 0 unspecified atom stereocenters. The molecule has 1 amide bonds. The Labute approximate surface area is 152 Å². The number of anilines is 1. The molecular formula is C19H24N4OS. The Hall–Kier alpha value is -1.92. The fourth-order valence-corrected chi connectivity index (χ4v) is 4.58. The van der Waals surface area contributed by atoms with Gasteiger partial charge < -0.3 is 14.7 Å². The predicted molar refractivity (Wildman–Crippen MR) is 101 cm³/mol. The van der Waals surface area contributed by atoms with Crippen molar-refractivity contribution in [2.45, 2.75) is 19.4 Å². The predicted octanol–water partition coefficient (Wildman–Crippen LogP) is 2.02. The Kier molecular flexibility index (Phi) is 4.72. The van der Waals surface area contributed by atoms with Crippen molar-refractivity contribution in [2.24, 2.45) is 0 Å². The monoisotopic (exact) mass is 356 g/mol. The van der Waals surface area contributed by atoms with Crippen molar-refractivity contribution in [1.29, 1.82) is 0 Å². The number of carbonyl (C=O) groups excluding carboxylic acids is 1. The van der Waals surface area contributed by atoms with Gasteiger partial charge in [-0.05, 0) is 12.6 Å². The molecule has 25 heavy (non-hydrogen) atoms. The number of thiazole rings is 1. The lowest BCUT2D eigenvalue weighted by Crippen LogP contribution is -2.44. The molecule has 1 aromatic heterocycles. The van der Waals surface area contributed by atoms with Gasteiger partial charge in [-0.2, -0.15) is 0 Å². The number of aromatic nitrogens is 1. The van der Waals surface area contributed by atoms with E-state index in [1.54, 1.807) is 11.3 Å². The zero-order valence-corrected chi connectivity index (χ0v) is 15.5. The normalized spacial score (nSPS) is 18.3. The Bertz CT molecular complexity index is 737. The van der Waals surface area contributed by atoms with E-state index in [0.717, 1.165) is 49.8 Å². The molecule has 1 aromatic carbocycles. The minimum Gasteiger partial charge on any atom is -0.346 e. The topological polar surface area (TPSA) is 39.7 Å². The first-order chi connectivity index (χ1) is 12.2. The molecule has 0 saturated carbocycles. The maximum absolute atomic E-state index is 12.6. The van der Waals surface area contributed by atoms with E-state index >= 15 is 0 Å². The van der Waals surface area contributed by atoms with Crippen LogP contribution in [0.15, 0.2) is 30.3 Å². The van der Waals surface area contributed by atoms with Gasteiger partial charge in [0.05, 0.1) is 18.7 Å². The zero-order valence-electron chi connectivity index (χ0n) is 14.6. The summed E-state index contributed by atoms with van der Waals surface area (Å²) in [4.78, 5) is 25.5. The van der Waals surface area contributed by atoms with Crippen LogP contribution in [0.1, 0.15) is 16.1 Å². The van der Waals surface area contributed by atoms with Gasteiger partial charge >= 0.3 is 0 Å². The summed E-state index contributed by atoms with van der Waals surface area (Å²) in [6.07, 6.45) is 1.36. The third-order valence-electron chi connectivity index (χ3n) is 5.04. The van der Waals surface area contributed by atoms with E-state index in [-0.39, 0.29) is 5.91 Å². The average molecular weight is 356 g/mol. The van der Waals surface area contributed by atoms with Crippen LogP contribution in [0.5, 0.6) is 0 Å². The van der Waals surface area contributed by atoms with E-state index in [1.807, 2.05) is 35.2 Å². The Morgan fingerprint density at radius 1 is 1.12 bits per heavy atom. The summed E-state index contributed by atoms with van der Waals surface area (Å²) in [5.74, 6) is 0.214. The first-order valence-electron chi connectivity index (χ1n) is 8.93. The summed E-state index contributed by atoms with van der Waals surface area (Å²) in [6.45, 7) is 5.76. The molecule has 2 aliphatic heterocycles. The molecule has 5 nitrogen and oxygen atoms in total. The van der Waals surface area contributed by atoms with Crippen molar-refractivity contribution in [2.75, 3.05) is 44.7 Å². The van der Waals surface area contributed by atoms with Crippen molar-refractivity contribution in [3.8, 4) is 0 Å². The van der Waals surface area contributed by atoms with Crippen LogP contribution in [0, 0.1) is 0 Å². The second kappa shape index (κ2) is 7.14. The van der Waals surface area contributed by atoms with Crippen molar-refractivity contribution in [3.05, 3.63) is 46.5 Å². The molecule has 0 atom stereocenters. The van der Waals surface area contributed by atoms with Crippen molar-refractivity contribution in [3.63, 3.8) is 0 Å². The van der Waals surface area contributed by atoms with Crippen LogP contribution in [-0.2, 0) is 24.2 Å². The molecule has 0 spiro atoms. The first kappa shape index (κ1) is 16.5. The molecule has 1 saturated heterocycles. The van der Waals surface area contributed by atoms with Gasteiger partial charge in [0.2, 0.25) is 5.91 Å². The standard InChI is InChI=1S/C19H24N4OS/c1-21-9-11-22(12-10-21)19-20-16-7-8-23(14-17(16)25-19)18(24)13-15-5-3-2-4-6-15/h2-6H,7-14H2,1H3. The van der Waals surface area contributed by atoms with E-state index in [4.69, 9.17) is 4.98 Å². The number of piperazine rings is 1. The van der Waals surface area contributed by atoms with E-state index in [9.17, 15) is 4.79 Å². The van der Waals surface area contributed by atoms with Gasteiger partial charge in [-0.15, -0.1) is 0 Å². The van der Waals surface area contributed by atoms with Crippen LogP contribution in [0.4, 0.5) is 5.13 Å². The molecule has 0 aliphatic carbocycles. The first-order valence-corrected chi connectivity index (χ1v) is 9.74.